The number of pyridine rings is 4. The van der Waals surface area contributed by atoms with Gasteiger partial charge in [-0.15, -0.1) is 0 Å². The normalized spacial score (nSPS) is 17.2. The number of halogens is 5. The molecule has 4 aromatic carbocycles. The SMILES string of the molecule is CC(=O)N1CCN(Cc2c(-c3ccc(Cl)cc3)nc3ccc(S(=O)(=O)C(C)C)cn23)CC1.CN(c1ccc2nc(-c3ccc(Cl)cc3Cl)c(CN3CCN(C(=O)C(C)(C)O)CC3)n2c1)S(C)(=O)=O.CS(=O)(=O)c1ccc2nc(-c3ccc(Cl)cc3)c(CN3CCOCC3)n2c1.O=C1CCC2CN(Cc3c(-c4ccc(Cl)cc4)nc4ccc(C5CC5)cn34)CCN12. The number of benzene rings is 4. The summed E-state index contributed by atoms with van der Waals surface area (Å²) in [5.41, 5.74) is 14.5. The monoisotopic (exact) mass is 1850 g/mol. The first-order chi connectivity index (χ1) is 59.5. The lowest BCUT2D eigenvalue weighted by Crippen LogP contribution is -2.53. The van der Waals surface area contributed by atoms with Gasteiger partial charge in [0.1, 0.15) is 28.2 Å². The van der Waals surface area contributed by atoms with E-state index in [0.29, 0.717) is 145 Å². The van der Waals surface area contributed by atoms with Crippen molar-refractivity contribution in [2.75, 3.05) is 122 Å². The maximum absolute atomic E-state index is 12.8. The van der Waals surface area contributed by atoms with Crippen LogP contribution in [0.2, 0.25) is 25.1 Å². The van der Waals surface area contributed by atoms with Gasteiger partial charge in [0.15, 0.2) is 19.7 Å². The summed E-state index contributed by atoms with van der Waals surface area (Å²) in [7, 11) is -8.67. The van der Waals surface area contributed by atoms with Crippen molar-refractivity contribution >= 4 is 134 Å². The number of nitrogens with zero attached hydrogens (tertiary/aromatic N) is 16. The van der Waals surface area contributed by atoms with Crippen molar-refractivity contribution in [3.8, 4) is 45.0 Å². The second-order valence-electron chi connectivity index (χ2n) is 33.4. The number of aliphatic hydroxyl groups is 1. The molecule has 0 spiro atoms. The zero-order valence-electron chi connectivity index (χ0n) is 70.9. The van der Waals surface area contributed by atoms with Crippen LogP contribution in [0, 0.1) is 0 Å². The fourth-order valence-electron chi connectivity index (χ4n) is 16.4. The molecule has 1 N–H and O–H groups in total. The van der Waals surface area contributed by atoms with Crippen molar-refractivity contribution in [1.29, 1.82) is 0 Å². The number of hydrogen-bond donors (Lipinski definition) is 1. The van der Waals surface area contributed by atoms with Gasteiger partial charge in [0.25, 0.3) is 5.91 Å². The summed E-state index contributed by atoms with van der Waals surface area (Å²) in [5, 5.41) is 12.6. The first-order valence-corrected chi connectivity index (χ1v) is 48.9. The third-order valence-corrected chi connectivity index (χ3v) is 29.6. The van der Waals surface area contributed by atoms with Crippen LogP contribution in [0.15, 0.2) is 174 Å². The summed E-state index contributed by atoms with van der Waals surface area (Å²) >= 11 is 30.9. The Balaban J connectivity index is 0.000000129. The maximum atomic E-state index is 12.8. The second-order valence-corrected chi connectivity index (χ2v) is 42.1. The number of carbonyl (C=O) groups excluding carboxylic acids is 3. The Hall–Kier alpha value is -9.09. The number of hydrogen-bond acceptors (Lipinski definition) is 19. The molecule has 3 amide bonds. The summed E-state index contributed by atoms with van der Waals surface area (Å²) in [4.78, 5) is 71.0. The van der Waals surface area contributed by atoms with Crippen molar-refractivity contribution in [3.05, 3.63) is 218 Å². The van der Waals surface area contributed by atoms with Gasteiger partial charge in [0.05, 0.1) is 90.8 Å². The van der Waals surface area contributed by atoms with Gasteiger partial charge in [-0.25, -0.2) is 45.2 Å². The second kappa shape index (κ2) is 37.7. The molecule has 12 aromatic rings. The highest BCUT2D eigenvalue weighted by molar-refractivity contribution is 7.92. The van der Waals surface area contributed by atoms with Crippen molar-refractivity contribution < 1.29 is 49.5 Å². The largest absolute Gasteiger partial charge is 0.381 e. The molecule has 1 unspecified atom stereocenters. The van der Waals surface area contributed by atoms with Crippen LogP contribution in [-0.2, 0) is 75.0 Å². The van der Waals surface area contributed by atoms with Gasteiger partial charge in [-0.2, -0.15) is 0 Å². The zero-order chi connectivity index (χ0) is 88.7. The lowest BCUT2D eigenvalue weighted by atomic mass is 10.1. The zero-order valence-corrected chi connectivity index (χ0v) is 77.1. The van der Waals surface area contributed by atoms with Gasteiger partial charge < -0.3 is 37.7 Å². The van der Waals surface area contributed by atoms with Gasteiger partial charge in [-0.1, -0.05) is 100 Å². The molecular formula is C90H101Cl5N16O11S3. The Labute approximate surface area is 753 Å². The van der Waals surface area contributed by atoms with Gasteiger partial charge in [-0.05, 0) is 156 Å². The van der Waals surface area contributed by atoms with E-state index < -0.39 is 40.5 Å². The molecule has 0 radical (unpaired) electrons. The molecule has 0 bridgehead atoms. The Morgan fingerprint density at radius 1 is 0.504 bits per heavy atom. The highest BCUT2D eigenvalue weighted by Gasteiger charge is 2.38. The average Bonchev–Trinajstić information content (AvgIpc) is 1.63. The summed E-state index contributed by atoms with van der Waals surface area (Å²) in [5.74, 6) is 0.825. The van der Waals surface area contributed by atoms with Crippen molar-refractivity contribution in [3.63, 3.8) is 0 Å². The minimum Gasteiger partial charge on any atom is -0.381 e. The minimum absolute atomic E-state index is 0.0878. The molecule has 18 rings (SSSR count). The molecule has 1 atom stereocenters. The number of piperazine rings is 3. The van der Waals surface area contributed by atoms with Crippen LogP contribution in [0.5, 0.6) is 0 Å². The van der Waals surface area contributed by atoms with Crippen LogP contribution >= 0.6 is 58.0 Å². The van der Waals surface area contributed by atoms with E-state index in [1.165, 1.54) is 55.6 Å². The number of sulfone groups is 2. The minimum atomic E-state index is -3.45. The van der Waals surface area contributed by atoms with E-state index in [-0.39, 0.29) is 21.6 Å². The average molecular weight is 1860 g/mol. The molecule has 1 aliphatic carbocycles. The number of rotatable bonds is 19. The molecule has 27 nitrogen and oxygen atoms in total. The number of morpholine rings is 1. The number of carbonyl (C=O) groups is 3. The number of aromatic nitrogens is 8. The number of sulfonamides is 1. The van der Waals surface area contributed by atoms with Gasteiger partial charge in [0.2, 0.25) is 21.8 Å². The Morgan fingerprint density at radius 3 is 1.40 bits per heavy atom. The molecule has 125 heavy (non-hydrogen) atoms. The van der Waals surface area contributed by atoms with E-state index in [1.54, 1.807) is 92.8 Å². The van der Waals surface area contributed by atoms with Gasteiger partial charge in [0, 0.05) is 211 Å². The van der Waals surface area contributed by atoms with Crippen LogP contribution in [0.1, 0.15) is 94.6 Å². The van der Waals surface area contributed by atoms with E-state index in [4.69, 9.17) is 82.7 Å². The van der Waals surface area contributed by atoms with E-state index >= 15 is 0 Å². The van der Waals surface area contributed by atoms with E-state index in [0.717, 1.165) is 132 Å². The van der Waals surface area contributed by atoms with Crippen molar-refractivity contribution in [1.82, 2.24) is 71.8 Å². The number of imidazole rings is 4. The lowest BCUT2D eigenvalue weighted by molar-refractivity contribution is -0.149. The standard InChI is InChI=1S/C24H29Cl2N5O4S.C24H25ClN4O.C23H27ClN4O3S.C19H20ClN3O3S/c1-24(2,33)23(32)30-11-9-29(10-12-30)15-20-22(18-7-5-16(25)13-19(18)26)27-21-8-6-17(14-31(20)21)28(3)36(4,34)35;25-19-6-3-17(4-7-19)24-21(15-27-11-12-28-20(14-27)8-10-23(28)30)29-13-18(16-1-2-16)5-9-22(29)26-24;1-16(2)32(30,31)20-8-9-22-25-23(18-4-6-19(24)7-5-18)21(28(22)14-20)15-26-10-12-27(13-11-26)17(3)29;1-27(24,25)16-6-7-18-21-19(14-2-4-15(20)5-3-14)17(23(18)12-16)13-22-8-10-26-11-9-22/h5-8,13-14,33H,9-12,15H2,1-4H3;3-7,9,13,16,20H,1-2,8,10-12,14-15H2;4-9,14,16H,10-13,15H2,1-3H3;2-7,12H,8-11,13H2,1H3. The summed E-state index contributed by atoms with van der Waals surface area (Å²) < 4.78 is 88.5. The fraction of sp³-hybridized carbons (Fsp3) is 0.389. The fourth-order valence-corrected chi connectivity index (χ4v) is 19.5. The highest BCUT2D eigenvalue weighted by atomic mass is 35.5. The van der Waals surface area contributed by atoms with Crippen LogP contribution in [0.25, 0.3) is 67.6 Å². The predicted molar refractivity (Wildman–Crippen MR) is 490 cm³/mol. The smallest absolute Gasteiger partial charge is 0.254 e. The lowest BCUT2D eigenvalue weighted by Gasteiger charge is -2.37. The van der Waals surface area contributed by atoms with Gasteiger partial charge in [-0.3, -0.25) is 42.7 Å². The molecule has 5 aliphatic heterocycles. The predicted octanol–water partition coefficient (Wildman–Crippen LogP) is 13.8. The number of fused-ring (bicyclic) bond motifs is 5. The topological polar surface area (TPSA) is 278 Å². The summed E-state index contributed by atoms with van der Waals surface area (Å²) in [6.07, 6.45) is 14.0. The molecule has 5 saturated heterocycles. The summed E-state index contributed by atoms with van der Waals surface area (Å²) in [6, 6.07) is 43.2. The molecule has 6 fully saturated rings. The Morgan fingerprint density at radius 2 is 0.928 bits per heavy atom. The van der Waals surface area contributed by atoms with Crippen molar-refractivity contribution in [2.24, 2.45) is 0 Å². The number of anilines is 1. The van der Waals surface area contributed by atoms with E-state index in [2.05, 4.69) is 59.4 Å². The first-order valence-electron chi connectivity index (χ1n) is 41.7. The van der Waals surface area contributed by atoms with Crippen LogP contribution in [-0.4, -0.2) is 255 Å². The Kier molecular flexibility index (Phi) is 27.3. The highest BCUT2D eigenvalue weighted by Crippen LogP contribution is 2.42. The van der Waals surface area contributed by atoms with E-state index in [9.17, 15) is 44.7 Å². The van der Waals surface area contributed by atoms with Crippen LogP contribution < -0.4 is 4.31 Å². The quantitative estimate of drug-likeness (QED) is 0.0787. The van der Waals surface area contributed by atoms with Crippen LogP contribution in [0.3, 0.4) is 0 Å². The maximum Gasteiger partial charge on any atom is 0.254 e. The molecule has 1 saturated carbocycles. The molecule has 13 heterocycles. The molecule has 35 heteroatoms. The van der Waals surface area contributed by atoms with Crippen LogP contribution in [0.4, 0.5) is 5.69 Å². The Bertz CT molecular complexity index is 6380. The van der Waals surface area contributed by atoms with Gasteiger partial charge >= 0.3 is 0 Å². The summed E-state index contributed by atoms with van der Waals surface area (Å²) in [6.45, 7) is 21.3. The number of amides is 3. The molecular weight excluding hydrogens is 1750 g/mol. The first kappa shape index (κ1) is 90.7. The number of ether oxygens (including phenoxy) is 1. The third kappa shape index (κ3) is 20.9. The van der Waals surface area contributed by atoms with Crippen molar-refractivity contribution in [2.45, 2.75) is 119 Å². The molecule has 8 aromatic heterocycles. The molecule has 6 aliphatic rings. The van der Waals surface area contributed by atoms with E-state index in [1.807, 2.05) is 84.8 Å². The third-order valence-electron chi connectivity index (χ3n) is 23.8. The molecule has 660 valence electrons.